The number of H-pyrrole nitrogens is 1. The van der Waals surface area contributed by atoms with Crippen LogP contribution < -0.4 is 10.6 Å². The second-order valence-corrected chi connectivity index (χ2v) is 7.82. The number of nitrogens with two attached hydrogens (primary N) is 1. The molecule has 1 aliphatic rings. The van der Waals surface area contributed by atoms with E-state index < -0.39 is 0 Å². The minimum absolute atomic E-state index is 0.0118. The van der Waals surface area contributed by atoms with Crippen LogP contribution in [-0.2, 0) is 11.3 Å². The van der Waals surface area contributed by atoms with Gasteiger partial charge in [0.25, 0.3) is 5.91 Å². The number of nitrogen functional groups attached to an aromatic ring is 1. The predicted octanol–water partition coefficient (Wildman–Crippen LogP) is 5.06. The van der Waals surface area contributed by atoms with Crippen LogP contribution >= 0.6 is 15.9 Å². The zero-order valence-corrected chi connectivity index (χ0v) is 16.8. The van der Waals surface area contributed by atoms with Crippen molar-refractivity contribution < 1.29 is 4.79 Å². The number of carbonyl (C=O) groups excluding carboxylic acids is 1. The van der Waals surface area contributed by atoms with Gasteiger partial charge in [-0.05, 0) is 67.4 Å². The Labute approximate surface area is 166 Å². The van der Waals surface area contributed by atoms with Crippen LogP contribution in [0.3, 0.4) is 0 Å². The lowest BCUT2D eigenvalue weighted by atomic mass is 10.0. The van der Waals surface area contributed by atoms with Gasteiger partial charge >= 0.3 is 0 Å². The fourth-order valence-electron chi connectivity index (χ4n) is 3.53. The first-order valence-corrected chi connectivity index (χ1v) is 9.56. The Hall–Kier alpha value is -2.79. The molecule has 4 rings (SSSR count). The van der Waals surface area contributed by atoms with E-state index >= 15 is 0 Å². The average molecular weight is 422 g/mol. The number of hydrogen-bond acceptors (Lipinski definition) is 2. The molecule has 0 unspecified atom stereocenters. The summed E-state index contributed by atoms with van der Waals surface area (Å²) in [5, 5.41) is 0. The molecule has 0 saturated carbocycles. The summed E-state index contributed by atoms with van der Waals surface area (Å²) in [7, 11) is 0. The van der Waals surface area contributed by atoms with E-state index in [4.69, 9.17) is 5.73 Å². The van der Waals surface area contributed by atoms with Crippen LogP contribution in [0.2, 0.25) is 0 Å². The highest BCUT2D eigenvalue weighted by atomic mass is 79.9. The SMILES string of the molecule is Cc1cc(C)c(C=C2C(=O)N(Cc3cccc(Br)c3)c3ccc(N)cc32)[nH]1. The highest BCUT2D eigenvalue weighted by Crippen LogP contribution is 2.40. The third kappa shape index (κ3) is 3.30. The lowest BCUT2D eigenvalue weighted by Gasteiger charge is -2.17. The van der Waals surface area contributed by atoms with E-state index in [-0.39, 0.29) is 5.91 Å². The van der Waals surface area contributed by atoms with E-state index in [1.165, 1.54) is 0 Å². The van der Waals surface area contributed by atoms with Gasteiger partial charge < -0.3 is 15.6 Å². The van der Waals surface area contributed by atoms with Gasteiger partial charge in [-0.2, -0.15) is 0 Å². The number of aromatic amines is 1. The van der Waals surface area contributed by atoms with Gasteiger partial charge in [0, 0.05) is 27.1 Å². The molecule has 0 saturated heterocycles. The van der Waals surface area contributed by atoms with Crippen molar-refractivity contribution in [2.75, 3.05) is 10.6 Å². The first kappa shape index (κ1) is 17.6. The zero-order valence-electron chi connectivity index (χ0n) is 15.2. The summed E-state index contributed by atoms with van der Waals surface area (Å²) in [4.78, 5) is 18.4. The molecule has 3 aromatic rings. The highest BCUT2D eigenvalue weighted by Gasteiger charge is 2.32. The monoisotopic (exact) mass is 421 g/mol. The number of nitrogens with one attached hydrogen (secondary N) is 1. The van der Waals surface area contributed by atoms with Gasteiger partial charge in [-0.15, -0.1) is 0 Å². The van der Waals surface area contributed by atoms with Crippen molar-refractivity contribution in [2.45, 2.75) is 20.4 Å². The maximum Gasteiger partial charge on any atom is 0.259 e. The summed E-state index contributed by atoms with van der Waals surface area (Å²) in [6, 6.07) is 15.7. The van der Waals surface area contributed by atoms with E-state index in [1.807, 2.05) is 67.3 Å². The molecule has 27 heavy (non-hydrogen) atoms. The van der Waals surface area contributed by atoms with Crippen LogP contribution in [0.15, 0.2) is 53.0 Å². The first-order chi connectivity index (χ1) is 12.9. The Kier molecular flexibility index (Phi) is 4.40. The molecule has 1 aliphatic heterocycles. The highest BCUT2D eigenvalue weighted by molar-refractivity contribution is 9.10. The van der Waals surface area contributed by atoms with Crippen molar-refractivity contribution in [3.8, 4) is 0 Å². The normalized spacial score (nSPS) is 14.9. The molecule has 4 nitrogen and oxygen atoms in total. The Balaban J connectivity index is 1.79. The summed E-state index contributed by atoms with van der Waals surface area (Å²) in [6.07, 6.45) is 1.93. The molecule has 2 aromatic carbocycles. The molecule has 0 radical (unpaired) electrons. The summed E-state index contributed by atoms with van der Waals surface area (Å²) in [6.45, 7) is 4.56. The number of aromatic nitrogens is 1. The van der Waals surface area contributed by atoms with Crippen molar-refractivity contribution in [1.29, 1.82) is 0 Å². The Morgan fingerprint density at radius 3 is 2.67 bits per heavy atom. The Morgan fingerprint density at radius 2 is 1.96 bits per heavy atom. The molecular formula is C22H20BrN3O. The van der Waals surface area contributed by atoms with Gasteiger partial charge in [-0.3, -0.25) is 4.79 Å². The van der Waals surface area contributed by atoms with E-state index in [0.29, 0.717) is 17.8 Å². The Bertz CT molecular complexity index is 1080. The molecule has 136 valence electrons. The van der Waals surface area contributed by atoms with E-state index in [0.717, 1.165) is 38.2 Å². The van der Waals surface area contributed by atoms with Crippen molar-refractivity contribution >= 4 is 44.9 Å². The molecule has 0 atom stereocenters. The second-order valence-electron chi connectivity index (χ2n) is 6.90. The zero-order chi connectivity index (χ0) is 19.1. The smallest absolute Gasteiger partial charge is 0.259 e. The summed E-state index contributed by atoms with van der Waals surface area (Å²) in [5.41, 5.74) is 13.3. The summed E-state index contributed by atoms with van der Waals surface area (Å²) in [5.74, 6) is -0.0118. The topological polar surface area (TPSA) is 62.1 Å². The minimum Gasteiger partial charge on any atom is -0.399 e. The number of amides is 1. The molecule has 0 fully saturated rings. The first-order valence-electron chi connectivity index (χ1n) is 8.76. The largest absolute Gasteiger partial charge is 0.399 e. The standard InChI is InChI=1S/C22H20BrN3O/c1-13-8-14(2)25-20(13)11-19-18-10-17(24)6-7-21(18)26(22(19)27)12-15-4-3-5-16(23)9-15/h3-11,25H,12,24H2,1-2H3. The van der Waals surface area contributed by atoms with Crippen LogP contribution in [0.1, 0.15) is 28.1 Å². The number of carbonyl (C=O) groups is 1. The van der Waals surface area contributed by atoms with Gasteiger partial charge in [0.1, 0.15) is 0 Å². The maximum atomic E-state index is 13.3. The quantitative estimate of drug-likeness (QED) is 0.458. The van der Waals surface area contributed by atoms with Crippen LogP contribution in [-0.4, -0.2) is 10.9 Å². The van der Waals surface area contributed by atoms with Crippen LogP contribution in [0.4, 0.5) is 11.4 Å². The summed E-state index contributed by atoms with van der Waals surface area (Å²) >= 11 is 3.50. The van der Waals surface area contributed by atoms with Crippen LogP contribution in [0.25, 0.3) is 11.6 Å². The van der Waals surface area contributed by atoms with Crippen LogP contribution in [0, 0.1) is 13.8 Å². The van der Waals surface area contributed by atoms with Gasteiger partial charge in [0.05, 0.1) is 17.8 Å². The fraction of sp³-hybridized carbons (Fsp3) is 0.136. The molecular weight excluding hydrogens is 402 g/mol. The van der Waals surface area contributed by atoms with Gasteiger partial charge in [-0.25, -0.2) is 0 Å². The summed E-state index contributed by atoms with van der Waals surface area (Å²) < 4.78 is 0.998. The number of benzene rings is 2. The number of anilines is 2. The number of halogens is 1. The van der Waals surface area contributed by atoms with Gasteiger partial charge in [0.2, 0.25) is 0 Å². The second kappa shape index (κ2) is 6.74. The molecule has 0 aliphatic carbocycles. The van der Waals surface area contributed by atoms with E-state index in [2.05, 4.69) is 27.0 Å². The number of aryl methyl sites for hydroxylation is 2. The maximum absolute atomic E-state index is 13.3. The van der Waals surface area contributed by atoms with Crippen molar-refractivity contribution in [2.24, 2.45) is 0 Å². The average Bonchev–Trinajstić information content (AvgIpc) is 3.06. The molecule has 1 amide bonds. The Morgan fingerprint density at radius 1 is 1.15 bits per heavy atom. The molecule has 0 spiro atoms. The lowest BCUT2D eigenvalue weighted by Crippen LogP contribution is -2.25. The number of rotatable bonds is 3. The number of fused-ring (bicyclic) bond motifs is 1. The third-order valence-corrected chi connectivity index (χ3v) is 5.28. The van der Waals surface area contributed by atoms with E-state index in [9.17, 15) is 4.79 Å². The molecule has 2 heterocycles. The fourth-order valence-corrected chi connectivity index (χ4v) is 3.98. The minimum atomic E-state index is -0.0118. The third-order valence-electron chi connectivity index (χ3n) is 4.79. The predicted molar refractivity (Wildman–Crippen MR) is 114 cm³/mol. The molecule has 1 aromatic heterocycles. The van der Waals surface area contributed by atoms with Crippen molar-refractivity contribution in [3.63, 3.8) is 0 Å². The van der Waals surface area contributed by atoms with Gasteiger partial charge in [-0.1, -0.05) is 28.1 Å². The van der Waals surface area contributed by atoms with E-state index in [1.54, 1.807) is 0 Å². The molecule has 5 heteroatoms. The number of nitrogens with zero attached hydrogens (tertiary/aromatic N) is 1. The van der Waals surface area contributed by atoms with Gasteiger partial charge in [0.15, 0.2) is 0 Å². The van der Waals surface area contributed by atoms with Crippen LogP contribution in [0.5, 0.6) is 0 Å². The van der Waals surface area contributed by atoms with Crippen molar-refractivity contribution in [3.05, 3.63) is 81.1 Å². The van der Waals surface area contributed by atoms with Crippen molar-refractivity contribution in [1.82, 2.24) is 4.98 Å². The molecule has 0 bridgehead atoms. The molecule has 3 N–H and O–H groups in total. The lowest BCUT2D eigenvalue weighted by molar-refractivity contribution is -0.113. The number of hydrogen-bond donors (Lipinski definition) is 2.